The molecule has 2 rings (SSSR count). The topological polar surface area (TPSA) is 9.23 Å². The van der Waals surface area contributed by atoms with Gasteiger partial charge in [0, 0.05) is 0 Å². The normalized spacial score (nSPS) is 20.0. The van der Waals surface area contributed by atoms with Crippen LogP contribution in [0.25, 0.3) is 0 Å². The summed E-state index contributed by atoms with van der Waals surface area (Å²) < 4.78 is 6.60. The Hall–Kier alpha value is -1.09. The molecule has 0 spiro atoms. The third-order valence-electron chi connectivity index (χ3n) is 4.49. The maximum Gasteiger partial charge on any atom is 0.188 e. The summed E-state index contributed by atoms with van der Waals surface area (Å²) >= 11 is 0. The number of benzene rings is 1. The minimum absolute atomic E-state index is 0.214. The van der Waals surface area contributed by atoms with Gasteiger partial charge in [-0.15, -0.1) is 12.1 Å². The average molecular weight is 343 g/mol. The third kappa shape index (κ3) is 4.94. The summed E-state index contributed by atoms with van der Waals surface area (Å²) in [5, 5.41) is 1.33. The van der Waals surface area contributed by atoms with Crippen molar-refractivity contribution in [3.8, 4) is 11.5 Å². The molecular weight excluding hydrogens is 312 g/mol. The first-order chi connectivity index (χ1) is 10.8. The van der Waals surface area contributed by atoms with Gasteiger partial charge >= 0.3 is 0 Å². The minimum Gasteiger partial charge on any atom is -0.402 e. The molecular formula is C20H30OSi2. The van der Waals surface area contributed by atoms with Crippen LogP contribution in [0.3, 0.4) is 0 Å². The van der Waals surface area contributed by atoms with E-state index in [-0.39, 0.29) is 5.60 Å². The predicted octanol–water partition coefficient (Wildman–Crippen LogP) is 4.79. The van der Waals surface area contributed by atoms with Crippen molar-refractivity contribution in [1.82, 2.24) is 0 Å². The summed E-state index contributed by atoms with van der Waals surface area (Å²) in [5.41, 5.74) is 5.55. The fourth-order valence-corrected chi connectivity index (χ4v) is 6.51. The lowest BCUT2D eigenvalue weighted by molar-refractivity contribution is 0.0796. The van der Waals surface area contributed by atoms with Gasteiger partial charge in [-0.3, -0.25) is 0 Å². The molecule has 124 valence electrons. The molecule has 1 aromatic carbocycles. The fourth-order valence-electron chi connectivity index (χ4n) is 3.23. The van der Waals surface area contributed by atoms with Crippen LogP contribution in [0.4, 0.5) is 0 Å². The van der Waals surface area contributed by atoms with Gasteiger partial charge in [0.1, 0.15) is 5.60 Å². The van der Waals surface area contributed by atoms with Crippen molar-refractivity contribution in [2.45, 2.75) is 63.9 Å². The summed E-state index contributed by atoms with van der Waals surface area (Å²) in [5.74, 6) is 3.63. The molecule has 1 aromatic rings. The van der Waals surface area contributed by atoms with E-state index < -0.39 is 16.4 Å². The van der Waals surface area contributed by atoms with Crippen molar-refractivity contribution in [2.24, 2.45) is 0 Å². The maximum atomic E-state index is 6.60. The molecule has 0 N–H and O–H groups in total. The second-order valence-corrected chi connectivity index (χ2v) is 15.9. The van der Waals surface area contributed by atoms with Crippen molar-refractivity contribution in [2.75, 3.05) is 0 Å². The second kappa shape index (κ2) is 7.21. The zero-order valence-electron chi connectivity index (χ0n) is 15.1. The first kappa shape index (κ1) is 18.3. The molecule has 1 aliphatic rings. The predicted molar refractivity (Wildman–Crippen MR) is 106 cm³/mol. The summed E-state index contributed by atoms with van der Waals surface area (Å²) in [6.07, 6.45) is 5.95. The Kier molecular flexibility index (Phi) is 5.72. The SMILES string of the molecule is C=C[Si](C)(C#CC1(O[Si](C)(C)C)CCCCC1)c1ccccc1. The van der Waals surface area contributed by atoms with Crippen LogP contribution in [0.15, 0.2) is 42.6 Å². The van der Waals surface area contributed by atoms with Gasteiger partial charge < -0.3 is 4.43 Å². The molecule has 1 nitrogen and oxygen atoms in total. The first-order valence-corrected chi connectivity index (χ1v) is 14.7. The van der Waals surface area contributed by atoms with Gasteiger partial charge in [0.2, 0.25) is 0 Å². The van der Waals surface area contributed by atoms with Crippen LogP contribution in [0.5, 0.6) is 0 Å². The lowest BCUT2D eigenvalue weighted by Gasteiger charge is -2.38. The van der Waals surface area contributed by atoms with Crippen LogP contribution < -0.4 is 5.19 Å². The Morgan fingerprint density at radius 1 is 1.04 bits per heavy atom. The smallest absolute Gasteiger partial charge is 0.188 e. The highest BCUT2D eigenvalue weighted by atomic mass is 28.4. The van der Waals surface area contributed by atoms with E-state index in [1.165, 1.54) is 24.4 Å². The second-order valence-electron chi connectivity index (χ2n) is 7.79. The van der Waals surface area contributed by atoms with Crippen molar-refractivity contribution in [3.05, 3.63) is 42.6 Å². The largest absolute Gasteiger partial charge is 0.402 e. The molecule has 0 saturated heterocycles. The zero-order chi connectivity index (χ0) is 17.0. The molecule has 0 heterocycles. The van der Waals surface area contributed by atoms with E-state index in [1.54, 1.807) is 0 Å². The highest BCUT2D eigenvalue weighted by Gasteiger charge is 2.36. The first-order valence-electron chi connectivity index (χ1n) is 8.72. The van der Waals surface area contributed by atoms with E-state index in [0.29, 0.717) is 0 Å². The third-order valence-corrected chi connectivity index (χ3v) is 8.49. The van der Waals surface area contributed by atoms with Crippen LogP contribution in [-0.2, 0) is 4.43 Å². The average Bonchev–Trinajstić information content (AvgIpc) is 2.53. The van der Waals surface area contributed by atoms with E-state index in [0.717, 1.165) is 12.8 Å². The van der Waals surface area contributed by atoms with E-state index in [2.05, 4.69) is 80.3 Å². The molecule has 1 atom stereocenters. The number of hydrogen-bond donors (Lipinski definition) is 0. The van der Waals surface area contributed by atoms with Gasteiger partial charge in [-0.1, -0.05) is 54.9 Å². The maximum absolute atomic E-state index is 6.60. The van der Waals surface area contributed by atoms with Crippen molar-refractivity contribution in [1.29, 1.82) is 0 Å². The van der Waals surface area contributed by atoms with E-state index in [4.69, 9.17) is 4.43 Å². The van der Waals surface area contributed by atoms with Gasteiger partial charge in [-0.05, 0) is 50.5 Å². The van der Waals surface area contributed by atoms with Crippen LogP contribution in [0.2, 0.25) is 26.2 Å². The van der Waals surface area contributed by atoms with Crippen molar-refractivity contribution >= 4 is 21.6 Å². The summed E-state index contributed by atoms with van der Waals surface area (Å²) in [4.78, 5) is 0. The highest BCUT2D eigenvalue weighted by molar-refractivity contribution is 7.01. The van der Waals surface area contributed by atoms with Crippen molar-refractivity contribution < 1.29 is 4.43 Å². The van der Waals surface area contributed by atoms with Crippen molar-refractivity contribution in [3.63, 3.8) is 0 Å². The van der Waals surface area contributed by atoms with E-state index in [9.17, 15) is 0 Å². The zero-order valence-corrected chi connectivity index (χ0v) is 17.1. The molecule has 0 aromatic heterocycles. The minimum atomic E-state index is -1.97. The molecule has 1 unspecified atom stereocenters. The molecule has 0 amide bonds. The van der Waals surface area contributed by atoms with Gasteiger partial charge in [0.05, 0.1) is 0 Å². The molecule has 1 fully saturated rings. The molecule has 0 radical (unpaired) electrons. The molecule has 1 saturated carbocycles. The standard InChI is InChI=1S/C20H30OSi2/c1-6-23(5,19-13-9-7-10-14-19)18-17-20(21-22(2,3)4)15-11-8-12-16-20/h6-7,9-10,13-14H,1,8,11-12,15-16H2,2-5H3. The Balaban J connectivity index is 2.35. The monoisotopic (exact) mass is 342 g/mol. The molecule has 1 aliphatic carbocycles. The fraction of sp³-hybridized carbons (Fsp3) is 0.500. The Labute approximate surface area is 144 Å². The van der Waals surface area contributed by atoms with Crippen LogP contribution >= 0.6 is 0 Å². The lowest BCUT2D eigenvalue weighted by atomic mass is 9.86. The van der Waals surface area contributed by atoms with Gasteiger partial charge in [-0.2, -0.15) is 0 Å². The summed E-state index contributed by atoms with van der Waals surface area (Å²) in [6.45, 7) is 13.2. The molecule has 23 heavy (non-hydrogen) atoms. The van der Waals surface area contributed by atoms with Crippen LogP contribution in [0, 0.1) is 11.5 Å². The molecule has 0 bridgehead atoms. The molecule has 0 aliphatic heterocycles. The van der Waals surface area contributed by atoms with Gasteiger partial charge in [0.25, 0.3) is 0 Å². The number of hydrogen-bond acceptors (Lipinski definition) is 1. The Morgan fingerprint density at radius 2 is 1.65 bits per heavy atom. The van der Waals surface area contributed by atoms with Gasteiger partial charge in [0.15, 0.2) is 16.4 Å². The van der Waals surface area contributed by atoms with E-state index >= 15 is 0 Å². The summed E-state index contributed by atoms with van der Waals surface area (Å²) in [6, 6.07) is 10.6. The lowest BCUT2D eigenvalue weighted by Crippen LogP contribution is -2.45. The quantitative estimate of drug-likeness (QED) is 0.564. The Morgan fingerprint density at radius 3 is 2.17 bits per heavy atom. The number of rotatable bonds is 4. The van der Waals surface area contributed by atoms with Crippen LogP contribution in [0.1, 0.15) is 32.1 Å². The molecule has 3 heteroatoms. The Bertz CT molecular complexity index is 586. The van der Waals surface area contributed by atoms with Crippen LogP contribution in [-0.4, -0.2) is 22.0 Å². The van der Waals surface area contributed by atoms with E-state index in [1.807, 2.05) is 0 Å². The highest BCUT2D eigenvalue weighted by Crippen LogP contribution is 2.34. The van der Waals surface area contributed by atoms with Gasteiger partial charge in [-0.25, -0.2) is 0 Å². The summed E-state index contributed by atoms with van der Waals surface area (Å²) in [7, 11) is -3.58.